The van der Waals surface area contributed by atoms with E-state index >= 15 is 0 Å². The standard InChI is InChI=1S/C8H16N2/c1-2-8-3-6-10(5-1)7-4-9-8/h8-9H,1-7H2. The monoisotopic (exact) mass is 140 g/mol. The largest absolute Gasteiger partial charge is 0.313 e. The van der Waals surface area contributed by atoms with Gasteiger partial charge >= 0.3 is 0 Å². The molecule has 2 aliphatic rings. The minimum Gasteiger partial charge on any atom is -0.313 e. The fourth-order valence-corrected chi connectivity index (χ4v) is 2.01. The highest BCUT2D eigenvalue weighted by Gasteiger charge is 2.19. The number of fused-ring (bicyclic) bond motifs is 3. The maximum atomic E-state index is 3.57. The molecule has 2 bridgehead atoms. The van der Waals surface area contributed by atoms with Crippen LogP contribution in [0.15, 0.2) is 0 Å². The smallest absolute Gasteiger partial charge is 0.0107 e. The van der Waals surface area contributed by atoms with Crippen molar-refractivity contribution in [2.45, 2.75) is 25.3 Å². The van der Waals surface area contributed by atoms with E-state index in [9.17, 15) is 0 Å². The fourth-order valence-electron chi connectivity index (χ4n) is 2.01. The molecule has 2 aliphatic heterocycles. The number of rotatable bonds is 0. The van der Waals surface area contributed by atoms with Gasteiger partial charge in [-0.3, -0.25) is 0 Å². The van der Waals surface area contributed by atoms with E-state index in [1.807, 2.05) is 0 Å². The topological polar surface area (TPSA) is 15.3 Å². The molecule has 0 aliphatic carbocycles. The first-order valence-electron chi connectivity index (χ1n) is 4.41. The summed E-state index contributed by atoms with van der Waals surface area (Å²) < 4.78 is 0. The first-order chi connectivity index (χ1) is 4.95. The predicted octanol–water partition coefficient (Wildman–Crippen LogP) is 0.444. The van der Waals surface area contributed by atoms with Gasteiger partial charge in [-0.05, 0) is 32.4 Å². The van der Waals surface area contributed by atoms with Crippen LogP contribution in [0.4, 0.5) is 0 Å². The molecule has 2 heterocycles. The number of hydrogen-bond donors (Lipinski definition) is 1. The van der Waals surface area contributed by atoms with Gasteiger partial charge in [-0.2, -0.15) is 0 Å². The first-order valence-corrected chi connectivity index (χ1v) is 4.41. The average Bonchev–Trinajstić information content (AvgIpc) is 2.17. The molecule has 58 valence electrons. The second kappa shape index (κ2) is 2.89. The summed E-state index contributed by atoms with van der Waals surface area (Å²) in [5.74, 6) is 0. The Morgan fingerprint density at radius 1 is 1.10 bits per heavy atom. The van der Waals surface area contributed by atoms with Crippen molar-refractivity contribution in [3.63, 3.8) is 0 Å². The van der Waals surface area contributed by atoms with Crippen molar-refractivity contribution in [1.29, 1.82) is 0 Å². The minimum atomic E-state index is 0.840. The van der Waals surface area contributed by atoms with Gasteiger partial charge in [0.15, 0.2) is 0 Å². The van der Waals surface area contributed by atoms with Crippen LogP contribution in [0, 0.1) is 0 Å². The quantitative estimate of drug-likeness (QED) is 0.525. The second-order valence-corrected chi connectivity index (χ2v) is 3.42. The van der Waals surface area contributed by atoms with Gasteiger partial charge in [0.2, 0.25) is 0 Å². The van der Waals surface area contributed by atoms with E-state index in [1.165, 1.54) is 45.4 Å². The molecule has 2 heteroatoms. The molecule has 2 nitrogen and oxygen atoms in total. The maximum Gasteiger partial charge on any atom is 0.0107 e. The van der Waals surface area contributed by atoms with Crippen LogP contribution < -0.4 is 5.32 Å². The molecule has 2 fully saturated rings. The Labute approximate surface area is 62.6 Å². The van der Waals surface area contributed by atoms with E-state index in [-0.39, 0.29) is 0 Å². The van der Waals surface area contributed by atoms with Crippen LogP contribution in [0.2, 0.25) is 0 Å². The summed E-state index contributed by atoms with van der Waals surface area (Å²) in [5.41, 5.74) is 0. The van der Waals surface area contributed by atoms with Crippen LogP contribution >= 0.6 is 0 Å². The van der Waals surface area contributed by atoms with E-state index in [0.29, 0.717) is 0 Å². The lowest BCUT2D eigenvalue weighted by Gasteiger charge is -2.19. The molecule has 1 N–H and O–H groups in total. The van der Waals surface area contributed by atoms with Gasteiger partial charge in [0.1, 0.15) is 0 Å². The maximum absolute atomic E-state index is 3.57. The summed E-state index contributed by atoms with van der Waals surface area (Å²) in [6.45, 7) is 5.16. The number of nitrogens with zero attached hydrogens (tertiary/aromatic N) is 1. The van der Waals surface area contributed by atoms with Crippen LogP contribution in [0.5, 0.6) is 0 Å². The molecule has 0 aromatic carbocycles. The van der Waals surface area contributed by atoms with E-state index in [0.717, 1.165) is 6.04 Å². The normalized spacial score (nSPS) is 40.8. The van der Waals surface area contributed by atoms with E-state index in [1.54, 1.807) is 0 Å². The van der Waals surface area contributed by atoms with E-state index in [4.69, 9.17) is 0 Å². The zero-order valence-corrected chi connectivity index (χ0v) is 6.47. The zero-order valence-electron chi connectivity index (χ0n) is 6.47. The van der Waals surface area contributed by atoms with E-state index < -0.39 is 0 Å². The van der Waals surface area contributed by atoms with Crippen LogP contribution in [0.25, 0.3) is 0 Å². The highest BCUT2D eigenvalue weighted by Crippen LogP contribution is 2.12. The lowest BCUT2D eigenvalue weighted by Crippen LogP contribution is -2.34. The summed E-state index contributed by atoms with van der Waals surface area (Å²) in [7, 11) is 0. The SMILES string of the molecule is C1CC2CCN(C1)CCN2. The Balaban J connectivity index is 2.01. The third kappa shape index (κ3) is 1.32. The van der Waals surface area contributed by atoms with Gasteiger partial charge in [0, 0.05) is 19.1 Å². The Morgan fingerprint density at radius 2 is 2.10 bits per heavy atom. The van der Waals surface area contributed by atoms with Crippen molar-refractivity contribution in [1.82, 2.24) is 10.2 Å². The molecule has 2 unspecified atom stereocenters. The van der Waals surface area contributed by atoms with Crippen LogP contribution in [-0.4, -0.2) is 37.1 Å². The van der Waals surface area contributed by atoms with Crippen molar-refractivity contribution in [3.8, 4) is 0 Å². The fraction of sp³-hybridized carbons (Fsp3) is 1.00. The van der Waals surface area contributed by atoms with E-state index in [2.05, 4.69) is 10.2 Å². The summed E-state index contributed by atoms with van der Waals surface area (Å²) in [4.78, 5) is 2.58. The van der Waals surface area contributed by atoms with Crippen LogP contribution in [-0.2, 0) is 0 Å². The van der Waals surface area contributed by atoms with Gasteiger partial charge in [0.25, 0.3) is 0 Å². The molecule has 0 amide bonds. The summed E-state index contributed by atoms with van der Waals surface area (Å²) >= 11 is 0. The molecule has 2 atom stereocenters. The zero-order chi connectivity index (χ0) is 6.81. The predicted molar refractivity (Wildman–Crippen MR) is 42.1 cm³/mol. The molecule has 10 heavy (non-hydrogen) atoms. The number of nitrogens with one attached hydrogen (secondary N) is 1. The van der Waals surface area contributed by atoms with Gasteiger partial charge in [-0.25, -0.2) is 0 Å². The molecular weight excluding hydrogens is 124 g/mol. The first kappa shape index (κ1) is 6.62. The van der Waals surface area contributed by atoms with Crippen LogP contribution in [0.3, 0.4) is 0 Å². The molecule has 0 radical (unpaired) electrons. The summed E-state index contributed by atoms with van der Waals surface area (Å²) in [6, 6.07) is 0.840. The Hall–Kier alpha value is -0.0800. The lowest BCUT2D eigenvalue weighted by atomic mass is 10.1. The third-order valence-electron chi connectivity index (χ3n) is 2.68. The lowest BCUT2D eigenvalue weighted by molar-refractivity contribution is 0.294. The Morgan fingerprint density at radius 3 is 3.10 bits per heavy atom. The van der Waals surface area contributed by atoms with Gasteiger partial charge in [0.05, 0.1) is 0 Å². The highest BCUT2D eigenvalue weighted by atomic mass is 15.2. The molecule has 2 rings (SSSR count). The number of hydrogen-bond acceptors (Lipinski definition) is 2. The van der Waals surface area contributed by atoms with Gasteiger partial charge < -0.3 is 10.2 Å². The van der Waals surface area contributed by atoms with Crippen molar-refractivity contribution in [3.05, 3.63) is 0 Å². The molecule has 0 aromatic rings. The molecule has 0 aromatic heterocycles. The Bertz CT molecular complexity index is 91.8. The van der Waals surface area contributed by atoms with Gasteiger partial charge in [-0.15, -0.1) is 0 Å². The highest BCUT2D eigenvalue weighted by molar-refractivity contribution is 4.79. The summed E-state index contributed by atoms with van der Waals surface area (Å²) in [5, 5.41) is 3.57. The molecule has 2 saturated heterocycles. The molecule has 0 saturated carbocycles. The van der Waals surface area contributed by atoms with Crippen molar-refractivity contribution in [2.75, 3.05) is 26.2 Å². The summed E-state index contributed by atoms with van der Waals surface area (Å²) in [6.07, 6.45) is 4.17. The van der Waals surface area contributed by atoms with Crippen LogP contribution in [0.1, 0.15) is 19.3 Å². The van der Waals surface area contributed by atoms with Crippen molar-refractivity contribution >= 4 is 0 Å². The molecular formula is C8H16N2. The van der Waals surface area contributed by atoms with Gasteiger partial charge in [-0.1, -0.05) is 0 Å². The minimum absolute atomic E-state index is 0.840. The Kier molecular flexibility index (Phi) is 1.91. The molecule has 0 spiro atoms. The van der Waals surface area contributed by atoms with Crippen molar-refractivity contribution < 1.29 is 0 Å². The average molecular weight is 140 g/mol. The second-order valence-electron chi connectivity index (χ2n) is 3.42. The third-order valence-corrected chi connectivity index (χ3v) is 2.68. The van der Waals surface area contributed by atoms with Crippen molar-refractivity contribution in [2.24, 2.45) is 0 Å².